The summed E-state index contributed by atoms with van der Waals surface area (Å²) in [6.45, 7) is 15.7. The summed E-state index contributed by atoms with van der Waals surface area (Å²) >= 11 is 0. The molecule has 0 N–H and O–H groups in total. The lowest BCUT2D eigenvalue weighted by Gasteiger charge is -2.28. The van der Waals surface area contributed by atoms with Crippen molar-refractivity contribution in [2.45, 2.75) is 98.7 Å². The number of unbranched alkanes of at least 4 members (excludes halogenated alkanes) is 1. The lowest BCUT2D eigenvalue weighted by molar-refractivity contribution is -0.289. The van der Waals surface area contributed by atoms with Gasteiger partial charge in [0, 0.05) is 5.92 Å². The molecule has 0 aliphatic rings. The molecule has 0 bridgehead atoms. The minimum absolute atomic E-state index is 0.399. The predicted molar refractivity (Wildman–Crippen MR) is 100 cm³/mol. The maximum Gasteiger partial charge on any atom is 0.358 e. The highest BCUT2D eigenvalue weighted by molar-refractivity contribution is 4.71. The summed E-state index contributed by atoms with van der Waals surface area (Å²) in [6.07, 6.45) is 4.87. The van der Waals surface area contributed by atoms with Crippen LogP contribution in [0.1, 0.15) is 86.5 Å². The molecule has 4 atom stereocenters. The van der Waals surface area contributed by atoms with Crippen molar-refractivity contribution in [2.24, 2.45) is 23.7 Å². The van der Waals surface area contributed by atoms with E-state index < -0.39 is 18.1 Å². The zero-order valence-electron chi connectivity index (χ0n) is 16.8. The van der Waals surface area contributed by atoms with Crippen molar-refractivity contribution >= 4 is 0 Å². The molecule has 0 saturated heterocycles. The second-order valence-corrected chi connectivity index (χ2v) is 8.11. The van der Waals surface area contributed by atoms with Gasteiger partial charge in [0.05, 0.1) is 6.10 Å². The Labute approximate surface area is 149 Å². The van der Waals surface area contributed by atoms with Gasteiger partial charge in [-0.05, 0) is 56.8 Å². The van der Waals surface area contributed by atoms with E-state index in [9.17, 15) is 8.78 Å². The molecule has 0 aliphatic heterocycles. The Morgan fingerprint density at radius 1 is 0.875 bits per heavy atom. The van der Waals surface area contributed by atoms with Crippen LogP contribution in [0.3, 0.4) is 0 Å². The molecule has 0 aromatic carbocycles. The first-order chi connectivity index (χ1) is 11.1. The zero-order chi connectivity index (χ0) is 18.8. The molecule has 4 unspecified atom stereocenters. The molecule has 24 heavy (non-hydrogen) atoms. The van der Waals surface area contributed by atoms with Gasteiger partial charge in [-0.2, -0.15) is 8.78 Å². The van der Waals surface area contributed by atoms with Gasteiger partial charge in [0.15, 0.2) is 0 Å². The molecular formula is C21H40F2O. The first kappa shape index (κ1) is 23.6. The molecule has 0 aromatic heterocycles. The maximum absolute atomic E-state index is 14.2. The minimum Gasteiger partial charge on any atom is -0.317 e. The van der Waals surface area contributed by atoms with Crippen LogP contribution in [-0.4, -0.2) is 12.2 Å². The fraction of sp³-hybridized carbons (Fsp3) is 0.905. The fourth-order valence-corrected chi connectivity index (χ4v) is 2.85. The molecule has 0 rings (SSSR count). The summed E-state index contributed by atoms with van der Waals surface area (Å²) in [6, 6.07) is 0. The fourth-order valence-electron chi connectivity index (χ4n) is 2.85. The lowest BCUT2D eigenvalue weighted by Crippen LogP contribution is -2.33. The lowest BCUT2D eigenvalue weighted by atomic mass is 9.87. The van der Waals surface area contributed by atoms with Crippen molar-refractivity contribution in [1.82, 2.24) is 0 Å². The number of alkyl halides is 2. The Balaban J connectivity index is 4.17. The average molecular weight is 347 g/mol. The van der Waals surface area contributed by atoms with Crippen LogP contribution in [0, 0.1) is 23.7 Å². The van der Waals surface area contributed by atoms with E-state index in [1.807, 2.05) is 6.08 Å². The third kappa shape index (κ3) is 10.4. The highest BCUT2D eigenvalue weighted by Crippen LogP contribution is 2.33. The molecule has 0 radical (unpaired) electrons. The van der Waals surface area contributed by atoms with Gasteiger partial charge in [0.1, 0.15) is 0 Å². The van der Waals surface area contributed by atoms with E-state index in [-0.39, 0.29) is 0 Å². The third-order valence-corrected chi connectivity index (χ3v) is 5.18. The molecule has 0 aliphatic carbocycles. The number of allylic oxidation sites excluding steroid dienone is 1. The van der Waals surface area contributed by atoms with Crippen molar-refractivity contribution in [3.8, 4) is 0 Å². The van der Waals surface area contributed by atoms with Gasteiger partial charge in [-0.1, -0.05) is 53.5 Å². The van der Waals surface area contributed by atoms with Crippen LogP contribution in [0.2, 0.25) is 0 Å². The van der Waals surface area contributed by atoms with Gasteiger partial charge in [-0.15, -0.1) is 6.58 Å². The van der Waals surface area contributed by atoms with Crippen LogP contribution in [-0.2, 0) is 4.74 Å². The van der Waals surface area contributed by atoms with E-state index in [4.69, 9.17) is 4.74 Å². The molecule has 144 valence electrons. The summed E-state index contributed by atoms with van der Waals surface area (Å²) in [5, 5.41) is 0. The number of rotatable bonds is 14. The van der Waals surface area contributed by atoms with Crippen molar-refractivity contribution < 1.29 is 13.5 Å². The second-order valence-electron chi connectivity index (χ2n) is 8.11. The van der Waals surface area contributed by atoms with Crippen LogP contribution < -0.4 is 0 Å². The number of ether oxygens (including phenoxy) is 1. The molecular weight excluding hydrogens is 306 g/mol. The van der Waals surface area contributed by atoms with Crippen LogP contribution in [0.25, 0.3) is 0 Å². The summed E-state index contributed by atoms with van der Waals surface area (Å²) < 4.78 is 33.5. The van der Waals surface area contributed by atoms with Crippen LogP contribution in [0.4, 0.5) is 8.78 Å². The Morgan fingerprint density at radius 3 is 2.00 bits per heavy atom. The predicted octanol–water partition coefficient (Wildman–Crippen LogP) is 7.47. The highest BCUT2D eigenvalue weighted by atomic mass is 19.3. The van der Waals surface area contributed by atoms with E-state index in [0.717, 1.165) is 25.7 Å². The molecule has 1 nitrogen and oxygen atoms in total. The Kier molecular flexibility index (Phi) is 11.8. The van der Waals surface area contributed by atoms with Crippen molar-refractivity contribution in [3.63, 3.8) is 0 Å². The van der Waals surface area contributed by atoms with Gasteiger partial charge in [0.2, 0.25) is 0 Å². The third-order valence-electron chi connectivity index (χ3n) is 5.18. The summed E-state index contributed by atoms with van der Waals surface area (Å²) in [4.78, 5) is 0. The van der Waals surface area contributed by atoms with Gasteiger partial charge in [-0.3, -0.25) is 0 Å². The largest absolute Gasteiger partial charge is 0.358 e. The van der Waals surface area contributed by atoms with Crippen molar-refractivity contribution in [3.05, 3.63) is 12.7 Å². The Hall–Kier alpha value is -0.440. The summed E-state index contributed by atoms with van der Waals surface area (Å²) in [7, 11) is 0. The smallest absolute Gasteiger partial charge is 0.317 e. The molecule has 0 spiro atoms. The van der Waals surface area contributed by atoms with E-state index in [1.165, 1.54) is 6.42 Å². The van der Waals surface area contributed by atoms with E-state index in [1.54, 1.807) is 13.8 Å². The Bertz CT molecular complexity index is 328. The van der Waals surface area contributed by atoms with E-state index in [0.29, 0.717) is 30.6 Å². The van der Waals surface area contributed by atoms with Crippen LogP contribution in [0.5, 0.6) is 0 Å². The SMILES string of the molecule is C=CCCCC(C)C(C)CCC(C)OC(F)(F)C(C)CCC(C)C. The summed E-state index contributed by atoms with van der Waals surface area (Å²) in [5.74, 6) is 0.872. The topological polar surface area (TPSA) is 9.23 Å². The van der Waals surface area contributed by atoms with Gasteiger partial charge >= 0.3 is 6.11 Å². The van der Waals surface area contributed by atoms with Gasteiger partial charge in [0.25, 0.3) is 0 Å². The second kappa shape index (κ2) is 12.0. The van der Waals surface area contributed by atoms with Gasteiger partial charge < -0.3 is 4.74 Å². The zero-order valence-corrected chi connectivity index (χ0v) is 16.8. The molecule has 0 heterocycles. The molecule has 0 fully saturated rings. The number of halogens is 2. The molecule has 0 amide bonds. The highest BCUT2D eigenvalue weighted by Gasteiger charge is 2.38. The summed E-state index contributed by atoms with van der Waals surface area (Å²) in [5.41, 5.74) is 0. The standard InChI is InChI=1S/C21H40F2O/c1-8-9-10-11-17(4)18(5)13-15-20(7)24-21(22,23)19(6)14-12-16(2)3/h8,16-20H,1,9-15H2,2-7H3. The molecule has 0 aromatic rings. The first-order valence-corrected chi connectivity index (χ1v) is 9.76. The molecule has 0 saturated carbocycles. The number of hydrogen-bond donors (Lipinski definition) is 0. The number of hydrogen-bond acceptors (Lipinski definition) is 1. The van der Waals surface area contributed by atoms with Crippen LogP contribution >= 0.6 is 0 Å². The monoisotopic (exact) mass is 346 g/mol. The van der Waals surface area contributed by atoms with Crippen molar-refractivity contribution in [1.29, 1.82) is 0 Å². The van der Waals surface area contributed by atoms with E-state index in [2.05, 4.69) is 34.3 Å². The maximum atomic E-state index is 14.2. The van der Waals surface area contributed by atoms with Gasteiger partial charge in [-0.25, -0.2) is 0 Å². The first-order valence-electron chi connectivity index (χ1n) is 9.76. The average Bonchev–Trinajstić information content (AvgIpc) is 2.49. The minimum atomic E-state index is -3.02. The molecule has 3 heteroatoms. The van der Waals surface area contributed by atoms with Crippen LogP contribution in [0.15, 0.2) is 12.7 Å². The van der Waals surface area contributed by atoms with E-state index >= 15 is 0 Å². The quantitative estimate of drug-likeness (QED) is 0.234. The normalized spacial score (nSPS) is 17.5. The van der Waals surface area contributed by atoms with Crippen molar-refractivity contribution in [2.75, 3.05) is 0 Å². The Morgan fingerprint density at radius 2 is 1.46 bits per heavy atom.